The fourth-order valence-electron chi connectivity index (χ4n) is 0.959. The maximum Gasteiger partial charge on any atom is 0.341 e. The van der Waals surface area contributed by atoms with Crippen LogP contribution in [0.4, 0.5) is 0 Å². The van der Waals surface area contributed by atoms with E-state index in [4.69, 9.17) is 5.11 Å². The highest BCUT2D eigenvalue weighted by Gasteiger charge is 2.13. The van der Waals surface area contributed by atoms with E-state index in [2.05, 4.69) is 4.74 Å². The topological polar surface area (TPSA) is 66.8 Å². The van der Waals surface area contributed by atoms with E-state index >= 15 is 0 Å². The molecule has 0 amide bonds. The van der Waals surface area contributed by atoms with Crippen LogP contribution < -0.4 is 0 Å². The first-order valence-corrected chi connectivity index (χ1v) is 4.67. The summed E-state index contributed by atoms with van der Waals surface area (Å²) in [7, 11) is 1.23. The lowest BCUT2D eigenvalue weighted by molar-refractivity contribution is 0.0597. The standard InChI is InChI=1S/C9H10O4.C2H6/c1-5-3-6(9(12)13-2)8(11)4-7(5)10;1-2/h3-4,10-11H,1-2H3;1-2H3. The van der Waals surface area contributed by atoms with Crippen molar-refractivity contribution < 1.29 is 19.7 Å². The minimum Gasteiger partial charge on any atom is -0.508 e. The van der Waals surface area contributed by atoms with Crippen molar-refractivity contribution in [3.63, 3.8) is 0 Å². The molecule has 0 aromatic heterocycles. The molecule has 4 nitrogen and oxygen atoms in total. The maximum absolute atomic E-state index is 11.0. The quantitative estimate of drug-likeness (QED) is 0.700. The lowest BCUT2D eigenvalue weighted by atomic mass is 10.1. The molecule has 1 rings (SSSR count). The van der Waals surface area contributed by atoms with E-state index in [0.29, 0.717) is 5.56 Å². The normalized spacial score (nSPS) is 8.80. The number of aryl methyl sites for hydroxylation is 1. The molecular weight excluding hydrogens is 196 g/mol. The predicted molar refractivity (Wildman–Crippen MR) is 57.2 cm³/mol. The number of aromatic hydroxyl groups is 2. The van der Waals surface area contributed by atoms with E-state index in [1.807, 2.05) is 13.8 Å². The van der Waals surface area contributed by atoms with Crippen LogP contribution in [-0.4, -0.2) is 23.3 Å². The van der Waals surface area contributed by atoms with Gasteiger partial charge in [-0.15, -0.1) is 0 Å². The Bertz CT molecular complexity index is 345. The molecule has 0 radical (unpaired) electrons. The number of esters is 1. The van der Waals surface area contributed by atoms with Crippen LogP contribution in [0.1, 0.15) is 29.8 Å². The van der Waals surface area contributed by atoms with Gasteiger partial charge in [0.05, 0.1) is 7.11 Å². The molecule has 0 unspecified atom stereocenters. The Balaban J connectivity index is 0.000000921. The number of hydrogen-bond donors (Lipinski definition) is 2. The predicted octanol–water partition coefficient (Wildman–Crippen LogP) is 2.22. The molecule has 0 aliphatic rings. The van der Waals surface area contributed by atoms with Crippen molar-refractivity contribution in [3.8, 4) is 11.5 Å². The largest absolute Gasteiger partial charge is 0.508 e. The minimum atomic E-state index is -0.624. The van der Waals surface area contributed by atoms with Gasteiger partial charge in [-0.2, -0.15) is 0 Å². The van der Waals surface area contributed by atoms with Gasteiger partial charge in [-0.25, -0.2) is 4.79 Å². The summed E-state index contributed by atoms with van der Waals surface area (Å²) in [5.41, 5.74) is 0.566. The molecule has 4 heteroatoms. The van der Waals surface area contributed by atoms with Crippen LogP contribution in [0.2, 0.25) is 0 Å². The number of methoxy groups -OCH3 is 1. The number of hydrogen-bond acceptors (Lipinski definition) is 4. The average Bonchev–Trinajstić information content (AvgIpc) is 2.25. The number of rotatable bonds is 1. The van der Waals surface area contributed by atoms with Gasteiger partial charge in [-0.05, 0) is 18.6 Å². The SMILES string of the molecule is CC.COC(=O)c1cc(C)c(O)cc1O. The third-order valence-corrected chi connectivity index (χ3v) is 1.72. The zero-order valence-corrected chi connectivity index (χ0v) is 9.37. The Morgan fingerprint density at radius 2 is 1.73 bits per heavy atom. The Labute approximate surface area is 89.1 Å². The van der Waals surface area contributed by atoms with Gasteiger partial charge < -0.3 is 14.9 Å². The molecule has 2 N–H and O–H groups in total. The number of carbonyl (C=O) groups excluding carboxylic acids is 1. The van der Waals surface area contributed by atoms with Crippen molar-refractivity contribution in [1.29, 1.82) is 0 Å². The van der Waals surface area contributed by atoms with E-state index in [1.54, 1.807) is 6.92 Å². The number of carbonyl (C=O) groups is 1. The Hall–Kier alpha value is -1.71. The van der Waals surface area contributed by atoms with E-state index in [-0.39, 0.29) is 17.1 Å². The van der Waals surface area contributed by atoms with Crippen molar-refractivity contribution in [2.75, 3.05) is 7.11 Å². The molecule has 0 aliphatic heterocycles. The van der Waals surface area contributed by atoms with Crippen LogP contribution in [0.15, 0.2) is 12.1 Å². The van der Waals surface area contributed by atoms with Gasteiger partial charge in [0.1, 0.15) is 17.1 Å². The highest BCUT2D eigenvalue weighted by molar-refractivity contribution is 5.92. The molecule has 1 aromatic rings. The highest BCUT2D eigenvalue weighted by atomic mass is 16.5. The van der Waals surface area contributed by atoms with E-state index < -0.39 is 5.97 Å². The van der Waals surface area contributed by atoms with Gasteiger partial charge in [-0.3, -0.25) is 0 Å². The van der Waals surface area contributed by atoms with E-state index in [9.17, 15) is 9.90 Å². The second-order valence-corrected chi connectivity index (χ2v) is 2.65. The van der Waals surface area contributed by atoms with Crippen LogP contribution in [-0.2, 0) is 4.74 Å². The van der Waals surface area contributed by atoms with Crippen molar-refractivity contribution in [3.05, 3.63) is 23.3 Å². The summed E-state index contributed by atoms with van der Waals surface area (Å²) >= 11 is 0. The van der Waals surface area contributed by atoms with Gasteiger partial charge in [0.2, 0.25) is 0 Å². The molecule has 0 aliphatic carbocycles. The number of benzene rings is 1. The molecule has 0 heterocycles. The number of phenols is 2. The van der Waals surface area contributed by atoms with Gasteiger partial charge in [-0.1, -0.05) is 13.8 Å². The molecule has 0 saturated carbocycles. The van der Waals surface area contributed by atoms with Crippen molar-refractivity contribution in [2.24, 2.45) is 0 Å². The van der Waals surface area contributed by atoms with Crippen LogP contribution in [0.3, 0.4) is 0 Å². The molecule has 0 atom stereocenters. The number of phenolic OH excluding ortho intramolecular Hbond substituents is 2. The van der Waals surface area contributed by atoms with Crippen molar-refractivity contribution >= 4 is 5.97 Å². The lowest BCUT2D eigenvalue weighted by Crippen LogP contribution is -2.01. The molecule has 0 bridgehead atoms. The summed E-state index contributed by atoms with van der Waals surface area (Å²) in [5.74, 6) is -0.958. The van der Waals surface area contributed by atoms with Crippen molar-refractivity contribution in [1.82, 2.24) is 0 Å². The minimum absolute atomic E-state index is 0.0508. The van der Waals surface area contributed by atoms with Gasteiger partial charge in [0.25, 0.3) is 0 Å². The molecule has 15 heavy (non-hydrogen) atoms. The van der Waals surface area contributed by atoms with Crippen LogP contribution in [0.5, 0.6) is 11.5 Å². The molecule has 84 valence electrons. The smallest absolute Gasteiger partial charge is 0.341 e. The second kappa shape index (κ2) is 5.90. The van der Waals surface area contributed by atoms with Crippen molar-refractivity contribution in [2.45, 2.75) is 20.8 Å². The van der Waals surface area contributed by atoms with Crippen LogP contribution in [0.25, 0.3) is 0 Å². The monoisotopic (exact) mass is 212 g/mol. The van der Waals surface area contributed by atoms with Gasteiger partial charge >= 0.3 is 5.97 Å². The fraction of sp³-hybridized carbons (Fsp3) is 0.364. The Morgan fingerprint density at radius 1 is 1.20 bits per heavy atom. The third kappa shape index (κ3) is 3.16. The van der Waals surface area contributed by atoms with Gasteiger partial charge in [0.15, 0.2) is 0 Å². The fourth-order valence-corrected chi connectivity index (χ4v) is 0.959. The molecule has 0 spiro atoms. The summed E-state index contributed by atoms with van der Waals surface area (Å²) in [4.78, 5) is 11.0. The summed E-state index contributed by atoms with van der Waals surface area (Å²) in [6.45, 7) is 5.63. The third-order valence-electron chi connectivity index (χ3n) is 1.72. The first-order valence-electron chi connectivity index (χ1n) is 4.67. The van der Waals surface area contributed by atoms with Crippen LogP contribution >= 0.6 is 0 Å². The first-order chi connectivity index (χ1) is 7.06. The number of ether oxygens (including phenoxy) is 1. The summed E-state index contributed by atoms with van der Waals surface area (Å²) in [5, 5.41) is 18.4. The van der Waals surface area contributed by atoms with Gasteiger partial charge in [0, 0.05) is 6.07 Å². The molecule has 0 fully saturated rings. The van der Waals surface area contributed by atoms with E-state index in [0.717, 1.165) is 6.07 Å². The Kier molecular flexibility index (Phi) is 5.23. The molecular formula is C11H16O4. The summed E-state index contributed by atoms with van der Waals surface area (Å²) < 4.78 is 4.43. The molecule has 0 saturated heterocycles. The zero-order chi connectivity index (χ0) is 12.0. The summed E-state index contributed by atoms with van der Waals surface area (Å²) in [6.07, 6.45) is 0. The van der Waals surface area contributed by atoms with Crippen LogP contribution in [0, 0.1) is 6.92 Å². The highest BCUT2D eigenvalue weighted by Crippen LogP contribution is 2.26. The maximum atomic E-state index is 11.0. The Morgan fingerprint density at radius 3 is 2.20 bits per heavy atom. The lowest BCUT2D eigenvalue weighted by Gasteiger charge is -2.05. The summed E-state index contributed by atoms with van der Waals surface area (Å²) in [6, 6.07) is 2.48. The molecule has 1 aromatic carbocycles. The zero-order valence-electron chi connectivity index (χ0n) is 9.37. The average molecular weight is 212 g/mol. The first kappa shape index (κ1) is 13.3. The second-order valence-electron chi connectivity index (χ2n) is 2.65. The van der Waals surface area contributed by atoms with E-state index in [1.165, 1.54) is 13.2 Å².